The number of piperidine rings is 1. The van der Waals surface area contributed by atoms with Gasteiger partial charge in [-0.05, 0) is 74.6 Å². The third-order valence-electron chi connectivity index (χ3n) is 8.21. The van der Waals surface area contributed by atoms with Crippen molar-refractivity contribution in [2.75, 3.05) is 26.8 Å². The molecule has 2 unspecified atom stereocenters. The van der Waals surface area contributed by atoms with Crippen LogP contribution in [0.5, 0.6) is 0 Å². The maximum Gasteiger partial charge on any atom is 0.315 e. The predicted molar refractivity (Wildman–Crippen MR) is 133 cm³/mol. The first kappa shape index (κ1) is 26.9. The molecule has 4 atom stereocenters. The van der Waals surface area contributed by atoms with Gasteiger partial charge in [0.15, 0.2) is 0 Å². The molecule has 1 saturated heterocycles. The number of ether oxygens (including phenoxy) is 1. The van der Waals surface area contributed by atoms with Crippen LogP contribution in [0.1, 0.15) is 76.2 Å². The van der Waals surface area contributed by atoms with Gasteiger partial charge >= 0.3 is 6.03 Å². The Labute approximate surface area is 204 Å². The highest BCUT2D eigenvalue weighted by molar-refractivity contribution is 5.72. The van der Waals surface area contributed by atoms with E-state index >= 15 is 0 Å². The number of nitrogens with two attached hydrogens (primary N) is 2. The van der Waals surface area contributed by atoms with Gasteiger partial charge < -0.3 is 26.2 Å². The summed E-state index contributed by atoms with van der Waals surface area (Å²) >= 11 is 0. The fourth-order valence-electron chi connectivity index (χ4n) is 6.55. The summed E-state index contributed by atoms with van der Waals surface area (Å²) in [6, 6.07) is 5.56. The summed E-state index contributed by atoms with van der Waals surface area (Å²) in [6.45, 7) is 1.61. The topological polar surface area (TPSA) is 102 Å². The van der Waals surface area contributed by atoms with Crippen molar-refractivity contribution in [1.82, 2.24) is 4.90 Å². The van der Waals surface area contributed by atoms with E-state index in [1.807, 2.05) is 0 Å². The number of primary amides is 1. The molecule has 2 aliphatic rings. The molecule has 1 aliphatic carbocycles. The molecule has 5 N–H and O–H groups in total. The van der Waals surface area contributed by atoms with Crippen molar-refractivity contribution in [2.24, 2.45) is 29.2 Å². The van der Waals surface area contributed by atoms with Gasteiger partial charge in [-0.15, -0.1) is 0 Å². The third-order valence-corrected chi connectivity index (χ3v) is 8.21. The summed E-state index contributed by atoms with van der Waals surface area (Å²) in [6.07, 6.45) is 10.6. The molecule has 1 aromatic carbocycles. The highest BCUT2D eigenvalue weighted by Crippen LogP contribution is 2.46. The second-order valence-electron chi connectivity index (χ2n) is 10.4. The molecule has 0 aromatic heterocycles. The summed E-state index contributed by atoms with van der Waals surface area (Å²) in [5.41, 5.74) is 11.5. The number of hydrogen-bond donors (Lipinski definition) is 3. The van der Waals surface area contributed by atoms with Crippen LogP contribution < -0.4 is 11.5 Å². The number of aliphatic hydroxyl groups is 1. The number of carbonyl (C=O) groups is 1. The van der Waals surface area contributed by atoms with Gasteiger partial charge in [0, 0.05) is 32.2 Å². The van der Waals surface area contributed by atoms with Gasteiger partial charge in [0.05, 0.1) is 5.60 Å². The van der Waals surface area contributed by atoms with Gasteiger partial charge in [-0.1, -0.05) is 44.2 Å². The molecule has 1 aliphatic heterocycles. The van der Waals surface area contributed by atoms with E-state index in [-0.39, 0.29) is 23.7 Å². The van der Waals surface area contributed by atoms with E-state index in [1.54, 1.807) is 24.1 Å². The minimum atomic E-state index is -1.28. The van der Waals surface area contributed by atoms with Gasteiger partial charge in [0.25, 0.3) is 0 Å². The van der Waals surface area contributed by atoms with E-state index in [2.05, 4.69) is 0 Å². The second-order valence-corrected chi connectivity index (χ2v) is 10.4. The quantitative estimate of drug-likeness (QED) is 0.407. The van der Waals surface area contributed by atoms with Crippen molar-refractivity contribution in [3.8, 4) is 0 Å². The summed E-state index contributed by atoms with van der Waals surface area (Å²) in [5, 5.41) is 12.3. The van der Waals surface area contributed by atoms with E-state index in [1.165, 1.54) is 44.2 Å². The average molecular weight is 478 g/mol. The number of urea groups is 1. The molecule has 3 rings (SSSR count). The van der Waals surface area contributed by atoms with Crippen LogP contribution in [-0.4, -0.2) is 48.9 Å². The molecule has 7 heteroatoms. The Morgan fingerprint density at radius 2 is 2.00 bits per heavy atom. The van der Waals surface area contributed by atoms with Crippen LogP contribution in [0.25, 0.3) is 0 Å². The van der Waals surface area contributed by atoms with E-state index in [0.717, 1.165) is 32.1 Å². The fourth-order valence-corrected chi connectivity index (χ4v) is 6.55. The average Bonchev–Trinajstić information content (AvgIpc) is 2.85. The largest absolute Gasteiger partial charge is 0.385 e. The Hall–Kier alpha value is -1.70. The SMILES string of the molecule is COCCCC[C@@](O)(c1cccc(F)c1)C1CCCN(C(N)=O)C1[C@H](CN)CC1CCCCC1. The van der Waals surface area contributed by atoms with E-state index < -0.39 is 11.6 Å². The molecule has 2 amide bonds. The number of halogens is 1. The standard InChI is InChI=1S/C27H44FN3O3/c1-34-16-6-5-14-27(33,22-11-7-12-23(28)18-22)24-13-8-15-31(26(30)32)25(24)21(19-29)17-20-9-3-2-4-10-20/h7,11-12,18,20-21,24-25,33H,2-6,8-10,13-17,19,29H2,1H3,(H2,30,32)/t21-,24?,25?,27+/m0/s1. The van der Waals surface area contributed by atoms with Crippen molar-refractivity contribution in [1.29, 1.82) is 0 Å². The number of hydrogen-bond acceptors (Lipinski definition) is 4. The lowest BCUT2D eigenvalue weighted by atomic mass is 9.65. The molecular weight excluding hydrogens is 433 g/mol. The van der Waals surface area contributed by atoms with Crippen LogP contribution in [0.3, 0.4) is 0 Å². The van der Waals surface area contributed by atoms with Crippen molar-refractivity contribution in [2.45, 2.75) is 82.3 Å². The van der Waals surface area contributed by atoms with Crippen molar-refractivity contribution >= 4 is 6.03 Å². The molecule has 1 heterocycles. The molecule has 0 bridgehead atoms. The van der Waals surface area contributed by atoms with Crippen LogP contribution in [0, 0.1) is 23.6 Å². The van der Waals surface area contributed by atoms with Crippen molar-refractivity contribution < 1.29 is 19.0 Å². The van der Waals surface area contributed by atoms with Gasteiger partial charge in [0.1, 0.15) is 5.82 Å². The van der Waals surface area contributed by atoms with Gasteiger partial charge in [-0.25, -0.2) is 9.18 Å². The molecule has 1 saturated carbocycles. The second kappa shape index (κ2) is 12.8. The van der Waals surface area contributed by atoms with Crippen LogP contribution in [0.2, 0.25) is 0 Å². The summed E-state index contributed by atoms with van der Waals surface area (Å²) in [7, 11) is 1.66. The number of benzene rings is 1. The zero-order valence-electron chi connectivity index (χ0n) is 20.8. The number of carbonyl (C=O) groups excluding carboxylic acids is 1. The lowest BCUT2D eigenvalue weighted by Gasteiger charge is -2.51. The number of rotatable bonds is 11. The zero-order chi connectivity index (χ0) is 24.6. The maximum absolute atomic E-state index is 14.3. The number of unbranched alkanes of at least 4 members (excludes halogenated alkanes) is 1. The molecule has 2 fully saturated rings. The van der Waals surface area contributed by atoms with E-state index in [0.29, 0.717) is 37.6 Å². The molecular formula is C27H44FN3O3. The Kier molecular flexibility index (Phi) is 10.2. The highest BCUT2D eigenvalue weighted by Gasteiger charge is 2.49. The van der Waals surface area contributed by atoms with Crippen molar-refractivity contribution in [3.05, 3.63) is 35.6 Å². The van der Waals surface area contributed by atoms with Gasteiger partial charge in [-0.3, -0.25) is 0 Å². The lowest BCUT2D eigenvalue weighted by molar-refractivity contribution is -0.0931. The minimum absolute atomic E-state index is 0.0416. The van der Waals surface area contributed by atoms with Crippen LogP contribution in [0.4, 0.5) is 9.18 Å². The summed E-state index contributed by atoms with van der Waals surface area (Å²) in [5.74, 6) is -0.0109. The fraction of sp³-hybridized carbons (Fsp3) is 0.741. The Morgan fingerprint density at radius 3 is 2.65 bits per heavy atom. The Morgan fingerprint density at radius 1 is 1.24 bits per heavy atom. The smallest absolute Gasteiger partial charge is 0.315 e. The first-order chi connectivity index (χ1) is 16.4. The third kappa shape index (κ3) is 6.49. The number of amides is 2. The van der Waals surface area contributed by atoms with E-state index in [9.17, 15) is 14.3 Å². The molecule has 192 valence electrons. The predicted octanol–water partition coefficient (Wildman–Crippen LogP) is 4.53. The Balaban J connectivity index is 1.97. The molecule has 1 aromatic rings. The van der Waals surface area contributed by atoms with E-state index in [4.69, 9.17) is 16.2 Å². The number of likely N-dealkylation sites (tertiary alicyclic amines) is 1. The normalized spacial score (nSPS) is 24.5. The monoisotopic (exact) mass is 477 g/mol. The molecule has 0 radical (unpaired) electrons. The van der Waals surface area contributed by atoms with Crippen molar-refractivity contribution in [3.63, 3.8) is 0 Å². The summed E-state index contributed by atoms with van der Waals surface area (Å²) < 4.78 is 19.5. The van der Waals surface area contributed by atoms with Crippen LogP contribution in [-0.2, 0) is 10.3 Å². The first-order valence-electron chi connectivity index (χ1n) is 13.1. The number of methoxy groups -OCH3 is 1. The molecule has 6 nitrogen and oxygen atoms in total. The Bertz CT molecular complexity index is 773. The van der Waals surface area contributed by atoms with Crippen LogP contribution in [0.15, 0.2) is 24.3 Å². The molecule has 34 heavy (non-hydrogen) atoms. The highest BCUT2D eigenvalue weighted by atomic mass is 19.1. The van der Waals surface area contributed by atoms with Gasteiger partial charge in [0.2, 0.25) is 0 Å². The lowest BCUT2D eigenvalue weighted by Crippen LogP contribution is -2.60. The summed E-state index contributed by atoms with van der Waals surface area (Å²) in [4.78, 5) is 14.3. The van der Waals surface area contributed by atoms with Gasteiger partial charge in [-0.2, -0.15) is 0 Å². The number of nitrogens with zero attached hydrogens (tertiary/aromatic N) is 1. The molecule has 0 spiro atoms. The zero-order valence-corrected chi connectivity index (χ0v) is 20.8. The van der Waals surface area contributed by atoms with Crippen LogP contribution >= 0.6 is 0 Å². The maximum atomic E-state index is 14.3. The first-order valence-corrected chi connectivity index (χ1v) is 13.1. The minimum Gasteiger partial charge on any atom is -0.385 e.